The molecule has 5 heteroatoms. The van der Waals surface area contributed by atoms with Gasteiger partial charge in [-0.25, -0.2) is 0 Å². The number of aliphatic hydroxyl groups excluding tert-OH is 1. The number of carbonyl (C=O) groups excluding carboxylic acids is 1. The maximum atomic E-state index is 12.4. The van der Waals surface area contributed by atoms with E-state index in [1.54, 1.807) is 0 Å². The maximum absolute atomic E-state index is 12.4. The van der Waals surface area contributed by atoms with Crippen LogP contribution in [-0.2, 0) is 4.79 Å². The van der Waals surface area contributed by atoms with Gasteiger partial charge in [-0.2, -0.15) is 0 Å². The zero-order valence-electron chi connectivity index (χ0n) is 11.7. The summed E-state index contributed by atoms with van der Waals surface area (Å²) in [7, 11) is 0. The molecule has 1 unspecified atom stereocenters. The Morgan fingerprint density at radius 3 is 2.65 bits per heavy atom. The van der Waals surface area contributed by atoms with E-state index in [1.807, 2.05) is 35.2 Å². The SMILES string of the molecule is NC(C(=O)N1CCCN(CCO)CC1)c1ccccc1. The van der Waals surface area contributed by atoms with E-state index in [9.17, 15) is 4.79 Å². The lowest BCUT2D eigenvalue weighted by Crippen LogP contribution is -2.41. The summed E-state index contributed by atoms with van der Waals surface area (Å²) in [5.74, 6) is -0.0120. The first-order valence-electron chi connectivity index (χ1n) is 7.15. The van der Waals surface area contributed by atoms with Crippen LogP contribution in [-0.4, -0.2) is 60.1 Å². The molecule has 1 saturated heterocycles. The van der Waals surface area contributed by atoms with E-state index in [-0.39, 0.29) is 12.5 Å². The second-order valence-corrected chi connectivity index (χ2v) is 5.13. The lowest BCUT2D eigenvalue weighted by molar-refractivity contribution is -0.132. The molecule has 1 fully saturated rings. The molecular weight excluding hydrogens is 254 g/mol. The fourth-order valence-corrected chi connectivity index (χ4v) is 2.56. The molecule has 1 heterocycles. The van der Waals surface area contributed by atoms with Crippen LogP contribution in [0.25, 0.3) is 0 Å². The van der Waals surface area contributed by atoms with Crippen LogP contribution in [0.15, 0.2) is 30.3 Å². The largest absolute Gasteiger partial charge is 0.395 e. The Morgan fingerprint density at radius 2 is 1.95 bits per heavy atom. The fraction of sp³-hybridized carbons (Fsp3) is 0.533. The highest BCUT2D eigenvalue weighted by Gasteiger charge is 2.24. The van der Waals surface area contributed by atoms with Crippen LogP contribution in [0.3, 0.4) is 0 Å². The minimum absolute atomic E-state index is 0.0120. The van der Waals surface area contributed by atoms with Crippen molar-refractivity contribution in [1.29, 1.82) is 0 Å². The van der Waals surface area contributed by atoms with Crippen LogP contribution in [0.5, 0.6) is 0 Å². The predicted molar refractivity (Wildman–Crippen MR) is 78.1 cm³/mol. The molecule has 0 radical (unpaired) electrons. The average Bonchev–Trinajstić information content (AvgIpc) is 2.73. The van der Waals surface area contributed by atoms with Crippen LogP contribution in [0.4, 0.5) is 0 Å². The van der Waals surface area contributed by atoms with Gasteiger partial charge in [0.05, 0.1) is 6.61 Å². The number of β-amino-alcohol motifs (C(OH)–C–C–N with tert-alkyl or cyclic N) is 1. The number of hydrogen-bond acceptors (Lipinski definition) is 4. The Bertz CT molecular complexity index is 424. The Labute approximate surface area is 120 Å². The van der Waals surface area contributed by atoms with Crippen LogP contribution < -0.4 is 5.73 Å². The average molecular weight is 277 g/mol. The molecule has 1 aromatic carbocycles. The molecule has 1 aliphatic heterocycles. The molecule has 0 aliphatic carbocycles. The van der Waals surface area contributed by atoms with Crippen molar-refractivity contribution in [1.82, 2.24) is 9.80 Å². The molecular formula is C15H23N3O2. The number of nitrogens with zero attached hydrogens (tertiary/aromatic N) is 2. The number of rotatable bonds is 4. The normalized spacial score (nSPS) is 18.6. The molecule has 1 aliphatic rings. The van der Waals surface area contributed by atoms with Gasteiger partial charge in [-0.3, -0.25) is 9.69 Å². The highest BCUT2D eigenvalue weighted by molar-refractivity contribution is 5.83. The van der Waals surface area contributed by atoms with Gasteiger partial charge in [0.25, 0.3) is 0 Å². The van der Waals surface area contributed by atoms with Crippen LogP contribution in [0.1, 0.15) is 18.0 Å². The van der Waals surface area contributed by atoms with Crippen molar-refractivity contribution in [2.45, 2.75) is 12.5 Å². The fourth-order valence-electron chi connectivity index (χ4n) is 2.56. The minimum Gasteiger partial charge on any atom is -0.395 e. The van der Waals surface area contributed by atoms with Crippen molar-refractivity contribution in [3.05, 3.63) is 35.9 Å². The molecule has 3 N–H and O–H groups in total. The van der Waals surface area contributed by atoms with Gasteiger partial charge < -0.3 is 15.7 Å². The molecule has 0 aromatic heterocycles. The van der Waals surface area contributed by atoms with Gasteiger partial charge in [-0.1, -0.05) is 30.3 Å². The lowest BCUT2D eigenvalue weighted by atomic mass is 10.1. The quantitative estimate of drug-likeness (QED) is 0.825. The number of hydrogen-bond donors (Lipinski definition) is 2. The van der Waals surface area contributed by atoms with Crippen LogP contribution in [0.2, 0.25) is 0 Å². The smallest absolute Gasteiger partial charge is 0.244 e. The molecule has 1 atom stereocenters. The van der Waals surface area contributed by atoms with E-state index in [4.69, 9.17) is 10.8 Å². The first-order valence-corrected chi connectivity index (χ1v) is 7.15. The van der Waals surface area contributed by atoms with Gasteiger partial charge in [0.1, 0.15) is 6.04 Å². The number of carbonyl (C=O) groups is 1. The third-order valence-electron chi connectivity index (χ3n) is 3.74. The molecule has 110 valence electrons. The Morgan fingerprint density at radius 1 is 1.20 bits per heavy atom. The standard InChI is InChI=1S/C15H23N3O2/c16-14(13-5-2-1-3-6-13)15(20)18-8-4-7-17(9-10-18)11-12-19/h1-3,5-6,14,19H,4,7-12,16H2. The number of aliphatic hydroxyl groups is 1. The first kappa shape index (κ1) is 15.0. The van der Waals surface area contributed by atoms with E-state index in [2.05, 4.69) is 4.90 Å². The highest BCUT2D eigenvalue weighted by atomic mass is 16.3. The van der Waals surface area contributed by atoms with Crippen molar-refractivity contribution in [3.8, 4) is 0 Å². The Balaban J connectivity index is 1.95. The van der Waals surface area contributed by atoms with Gasteiger partial charge in [0.2, 0.25) is 5.91 Å². The highest BCUT2D eigenvalue weighted by Crippen LogP contribution is 2.14. The Kier molecular flexibility index (Phi) is 5.52. The summed E-state index contributed by atoms with van der Waals surface area (Å²) in [6.45, 7) is 3.98. The van der Waals surface area contributed by atoms with E-state index in [0.717, 1.165) is 31.6 Å². The molecule has 0 saturated carbocycles. The van der Waals surface area contributed by atoms with Crippen LogP contribution >= 0.6 is 0 Å². The monoisotopic (exact) mass is 277 g/mol. The maximum Gasteiger partial charge on any atom is 0.244 e. The van der Waals surface area contributed by atoms with Gasteiger partial charge >= 0.3 is 0 Å². The number of nitrogens with two attached hydrogens (primary N) is 1. The molecule has 1 amide bonds. The minimum atomic E-state index is -0.583. The summed E-state index contributed by atoms with van der Waals surface area (Å²) >= 11 is 0. The molecule has 0 spiro atoms. The van der Waals surface area contributed by atoms with Gasteiger partial charge in [-0.15, -0.1) is 0 Å². The number of benzene rings is 1. The predicted octanol–water partition coefficient (Wildman–Crippen LogP) is 0.213. The molecule has 0 bridgehead atoms. The third-order valence-corrected chi connectivity index (χ3v) is 3.74. The van der Waals surface area contributed by atoms with Gasteiger partial charge in [-0.05, 0) is 18.5 Å². The number of amides is 1. The van der Waals surface area contributed by atoms with Crippen molar-refractivity contribution < 1.29 is 9.90 Å². The zero-order valence-corrected chi connectivity index (χ0v) is 11.7. The van der Waals surface area contributed by atoms with E-state index in [1.165, 1.54) is 0 Å². The summed E-state index contributed by atoms with van der Waals surface area (Å²) in [6.07, 6.45) is 0.924. The second kappa shape index (κ2) is 7.38. The topological polar surface area (TPSA) is 69.8 Å². The molecule has 20 heavy (non-hydrogen) atoms. The van der Waals surface area contributed by atoms with Crippen molar-refractivity contribution >= 4 is 5.91 Å². The van der Waals surface area contributed by atoms with Gasteiger partial charge in [0, 0.05) is 26.2 Å². The zero-order chi connectivity index (χ0) is 14.4. The first-order chi connectivity index (χ1) is 9.72. The Hall–Kier alpha value is -1.43. The van der Waals surface area contributed by atoms with Crippen LogP contribution in [0, 0.1) is 0 Å². The van der Waals surface area contributed by atoms with Crippen molar-refractivity contribution in [2.75, 3.05) is 39.3 Å². The molecule has 5 nitrogen and oxygen atoms in total. The summed E-state index contributed by atoms with van der Waals surface area (Å²) in [4.78, 5) is 16.5. The second-order valence-electron chi connectivity index (χ2n) is 5.13. The molecule has 2 rings (SSSR count). The summed E-state index contributed by atoms with van der Waals surface area (Å²) < 4.78 is 0. The molecule has 1 aromatic rings. The third kappa shape index (κ3) is 3.79. The summed E-state index contributed by atoms with van der Waals surface area (Å²) in [5, 5.41) is 8.98. The lowest BCUT2D eigenvalue weighted by Gasteiger charge is -2.24. The van der Waals surface area contributed by atoms with Crippen molar-refractivity contribution in [3.63, 3.8) is 0 Å². The van der Waals surface area contributed by atoms with E-state index >= 15 is 0 Å². The van der Waals surface area contributed by atoms with E-state index < -0.39 is 6.04 Å². The summed E-state index contributed by atoms with van der Waals surface area (Å²) in [6, 6.07) is 8.90. The summed E-state index contributed by atoms with van der Waals surface area (Å²) in [5.41, 5.74) is 6.92. The van der Waals surface area contributed by atoms with E-state index in [0.29, 0.717) is 13.1 Å². The van der Waals surface area contributed by atoms with Gasteiger partial charge in [0.15, 0.2) is 0 Å². The van der Waals surface area contributed by atoms with Crippen molar-refractivity contribution in [2.24, 2.45) is 5.73 Å².